The van der Waals surface area contributed by atoms with E-state index in [-0.39, 0.29) is 18.2 Å². The Morgan fingerprint density at radius 1 is 1.23 bits per heavy atom. The molecule has 2 aromatic rings. The Balaban J connectivity index is 1.72. The Morgan fingerprint density at radius 3 is 2.77 bits per heavy atom. The van der Waals surface area contributed by atoms with Crippen molar-refractivity contribution in [3.05, 3.63) is 48.4 Å². The zero-order valence-electron chi connectivity index (χ0n) is 13.6. The standard InChI is InChI=1S/C17H16F3N3O3/c18-17(19,20)26-14-6-2-1-5-13(14)16(24)23-9-3-4-12(10-23)25-15-7-8-21-11-22-15/h1-2,5-8,11-12H,3-4,9-10H2. The fourth-order valence-corrected chi connectivity index (χ4v) is 2.77. The third-order valence-electron chi connectivity index (χ3n) is 3.85. The largest absolute Gasteiger partial charge is 0.573 e. The van der Waals surface area contributed by atoms with Gasteiger partial charge in [0.05, 0.1) is 12.1 Å². The van der Waals surface area contributed by atoms with Gasteiger partial charge in [-0.15, -0.1) is 13.2 Å². The number of rotatable bonds is 4. The third kappa shape index (κ3) is 4.62. The van der Waals surface area contributed by atoms with Crippen LogP contribution in [0.15, 0.2) is 42.9 Å². The fourth-order valence-electron chi connectivity index (χ4n) is 2.77. The van der Waals surface area contributed by atoms with E-state index < -0.39 is 18.0 Å². The van der Waals surface area contributed by atoms with Crippen molar-refractivity contribution in [2.45, 2.75) is 25.3 Å². The summed E-state index contributed by atoms with van der Waals surface area (Å²) in [6.45, 7) is 0.687. The number of likely N-dealkylation sites (tertiary alicyclic amines) is 1. The molecule has 0 radical (unpaired) electrons. The molecule has 1 unspecified atom stereocenters. The van der Waals surface area contributed by atoms with E-state index in [1.807, 2.05) is 0 Å². The average Bonchev–Trinajstić information content (AvgIpc) is 2.61. The Labute approximate surface area is 147 Å². The van der Waals surface area contributed by atoms with E-state index in [2.05, 4.69) is 14.7 Å². The van der Waals surface area contributed by atoms with Gasteiger partial charge in [0.2, 0.25) is 5.88 Å². The first-order valence-corrected chi connectivity index (χ1v) is 7.99. The summed E-state index contributed by atoms with van der Waals surface area (Å²) in [7, 11) is 0. The maximum absolute atomic E-state index is 12.7. The molecule has 1 aliphatic heterocycles. The van der Waals surface area contributed by atoms with Crippen LogP contribution in [0.1, 0.15) is 23.2 Å². The molecule has 1 aromatic heterocycles. The number of hydrogen-bond donors (Lipinski definition) is 0. The second-order valence-corrected chi connectivity index (χ2v) is 5.72. The molecule has 138 valence electrons. The van der Waals surface area contributed by atoms with Gasteiger partial charge < -0.3 is 14.4 Å². The molecule has 1 aliphatic rings. The van der Waals surface area contributed by atoms with Crippen LogP contribution in [0.3, 0.4) is 0 Å². The number of carbonyl (C=O) groups is 1. The number of carbonyl (C=O) groups excluding carboxylic acids is 1. The fraction of sp³-hybridized carbons (Fsp3) is 0.353. The summed E-state index contributed by atoms with van der Waals surface area (Å²) in [6.07, 6.45) is -0.877. The second kappa shape index (κ2) is 7.59. The van der Waals surface area contributed by atoms with Crippen molar-refractivity contribution in [1.82, 2.24) is 14.9 Å². The molecule has 0 aliphatic carbocycles. The molecule has 0 spiro atoms. The van der Waals surface area contributed by atoms with Crippen LogP contribution in [0.5, 0.6) is 11.6 Å². The van der Waals surface area contributed by atoms with Gasteiger partial charge in [-0.1, -0.05) is 12.1 Å². The van der Waals surface area contributed by atoms with Gasteiger partial charge in [0.25, 0.3) is 5.91 Å². The predicted molar refractivity (Wildman–Crippen MR) is 84.7 cm³/mol. The van der Waals surface area contributed by atoms with Crippen LogP contribution in [0.25, 0.3) is 0 Å². The first-order chi connectivity index (χ1) is 12.4. The number of benzene rings is 1. The highest BCUT2D eigenvalue weighted by Crippen LogP contribution is 2.28. The molecule has 1 fully saturated rings. The number of piperidine rings is 1. The molecule has 26 heavy (non-hydrogen) atoms. The summed E-state index contributed by atoms with van der Waals surface area (Å²) in [4.78, 5) is 21.9. The number of amides is 1. The number of para-hydroxylation sites is 1. The zero-order chi connectivity index (χ0) is 18.6. The third-order valence-corrected chi connectivity index (χ3v) is 3.85. The van der Waals surface area contributed by atoms with Gasteiger partial charge in [0.15, 0.2) is 0 Å². The van der Waals surface area contributed by atoms with Crippen LogP contribution in [0.2, 0.25) is 0 Å². The second-order valence-electron chi connectivity index (χ2n) is 5.72. The molecule has 3 rings (SSSR count). The minimum atomic E-state index is -4.86. The molecular formula is C17H16F3N3O3. The minimum absolute atomic E-state index is 0.132. The van der Waals surface area contributed by atoms with E-state index in [0.29, 0.717) is 25.3 Å². The predicted octanol–water partition coefficient (Wildman–Crippen LogP) is 3.06. The van der Waals surface area contributed by atoms with E-state index in [4.69, 9.17) is 4.74 Å². The lowest BCUT2D eigenvalue weighted by Gasteiger charge is -2.33. The highest BCUT2D eigenvalue weighted by molar-refractivity contribution is 5.97. The van der Waals surface area contributed by atoms with Gasteiger partial charge in [-0.05, 0) is 25.0 Å². The number of nitrogens with zero attached hydrogens (tertiary/aromatic N) is 3. The van der Waals surface area contributed by atoms with Crippen LogP contribution in [-0.2, 0) is 0 Å². The lowest BCUT2D eigenvalue weighted by Crippen LogP contribution is -2.44. The van der Waals surface area contributed by atoms with Crippen LogP contribution in [0.4, 0.5) is 13.2 Å². The quantitative estimate of drug-likeness (QED) is 0.831. The molecule has 2 heterocycles. The van der Waals surface area contributed by atoms with Crippen molar-refractivity contribution in [2.75, 3.05) is 13.1 Å². The summed E-state index contributed by atoms with van der Waals surface area (Å²) < 4.78 is 47.4. The van der Waals surface area contributed by atoms with Crippen molar-refractivity contribution in [3.8, 4) is 11.6 Å². The van der Waals surface area contributed by atoms with E-state index >= 15 is 0 Å². The van der Waals surface area contributed by atoms with Crippen LogP contribution < -0.4 is 9.47 Å². The smallest absolute Gasteiger partial charge is 0.472 e. The Morgan fingerprint density at radius 2 is 2.04 bits per heavy atom. The topological polar surface area (TPSA) is 64.5 Å². The molecule has 0 bridgehead atoms. The number of aromatic nitrogens is 2. The highest BCUT2D eigenvalue weighted by Gasteiger charge is 2.34. The van der Waals surface area contributed by atoms with Gasteiger partial charge in [-0.2, -0.15) is 0 Å². The summed E-state index contributed by atoms with van der Waals surface area (Å²) in [5, 5.41) is 0. The van der Waals surface area contributed by atoms with Gasteiger partial charge in [-0.25, -0.2) is 9.97 Å². The lowest BCUT2D eigenvalue weighted by atomic mass is 10.1. The first kappa shape index (κ1) is 18.0. The molecule has 1 amide bonds. The van der Waals surface area contributed by atoms with E-state index in [9.17, 15) is 18.0 Å². The number of halogens is 3. The summed E-state index contributed by atoms with van der Waals surface area (Å²) in [5.41, 5.74) is -0.132. The first-order valence-electron chi connectivity index (χ1n) is 7.99. The van der Waals surface area contributed by atoms with Crippen molar-refractivity contribution in [1.29, 1.82) is 0 Å². The zero-order valence-corrected chi connectivity index (χ0v) is 13.6. The number of alkyl halides is 3. The van der Waals surface area contributed by atoms with Crippen LogP contribution in [-0.4, -0.2) is 46.3 Å². The monoisotopic (exact) mass is 367 g/mol. The summed E-state index contributed by atoms with van der Waals surface area (Å²) in [6, 6.07) is 6.93. The summed E-state index contributed by atoms with van der Waals surface area (Å²) >= 11 is 0. The average molecular weight is 367 g/mol. The van der Waals surface area contributed by atoms with Gasteiger partial charge >= 0.3 is 6.36 Å². The molecule has 1 aromatic carbocycles. The molecular weight excluding hydrogens is 351 g/mol. The summed E-state index contributed by atoms with van der Waals surface area (Å²) in [5.74, 6) is -0.648. The van der Waals surface area contributed by atoms with Gasteiger partial charge in [0, 0.05) is 18.8 Å². The van der Waals surface area contributed by atoms with Crippen LogP contribution >= 0.6 is 0 Å². The van der Waals surface area contributed by atoms with Crippen molar-refractivity contribution in [3.63, 3.8) is 0 Å². The molecule has 6 nitrogen and oxygen atoms in total. The molecule has 9 heteroatoms. The number of ether oxygens (including phenoxy) is 2. The van der Waals surface area contributed by atoms with E-state index in [1.165, 1.54) is 29.4 Å². The highest BCUT2D eigenvalue weighted by atomic mass is 19.4. The van der Waals surface area contributed by atoms with Crippen molar-refractivity contribution in [2.24, 2.45) is 0 Å². The van der Waals surface area contributed by atoms with E-state index in [0.717, 1.165) is 6.07 Å². The van der Waals surface area contributed by atoms with Crippen molar-refractivity contribution < 1.29 is 27.4 Å². The van der Waals surface area contributed by atoms with Gasteiger partial charge in [-0.3, -0.25) is 4.79 Å². The van der Waals surface area contributed by atoms with Gasteiger partial charge in [0.1, 0.15) is 18.2 Å². The Bertz CT molecular complexity index is 756. The Kier molecular flexibility index (Phi) is 5.24. The van der Waals surface area contributed by atoms with Crippen molar-refractivity contribution >= 4 is 5.91 Å². The normalized spacial score (nSPS) is 17.7. The molecule has 1 atom stereocenters. The molecule has 1 saturated heterocycles. The molecule has 0 N–H and O–H groups in total. The number of hydrogen-bond acceptors (Lipinski definition) is 5. The maximum Gasteiger partial charge on any atom is 0.573 e. The van der Waals surface area contributed by atoms with Crippen LogP contribution in [0, 0.1) is 0 Å². The minimum Gasteiger partial charge on any atom is -0.472 e. The SMILES string of the molecule is O=C(c1ccccc1OC(F)(F)F)N1CCCC(Oc2ccncn2)C1. The maximum atomic E-state index is 12.7. The lowest BCUT2D eigenvalue weighted by molar-refractivity contribution is -0.274. The molecule has 0 saturated carbocycles. The Hall–Kier alpha value is -2.84. The van der Waals surface area contributed by atoms with E-state index in [1.54, 1.807) is 12.3 Å².